The number of carbonyl (C=O) groups is 1. The van der Waals surface area contributed by atoms with Crippen LogP contribution in [0.4, 0.5) is 5.69 Å². The first-order valence-corrected chi connectivity index (χ1v) is 12.4. The molecule has 1 aliphatic carbocycles. The molecule has 2 aromatic rings. The molecule has 0 spiro atoms. The highest BCUT2D eigenvalue weighted by Gasteiger charge is 2.31. The van der Waals surface area contributed by atoms with Crippen molar-refractivity contribution in [1.29, 1.82) is 0 Å². The number of hydrogen-bond donors (Lipinski definition) is 1. The van der Waals surface area contributed by atoms with Gasteiger partial charge in [0, 0.05) is 47.4 Å². The minimum absolute atomic E-state index is 0.0541. The summed E-state index contributed by atoms with van der Waals surface area (Å²) in [5, 5.41) is 4.83. The third-order valence-corrected chi connectivity index (χ3v) is 5.99. The maximum absolute atomic E-state index is 12.7. The molecule has 2 aromatic carbocycles. The van der Waals surface area contributed by atoms with E-state index in [2.05, 4.69) is 14.6 Å². The van der Waals surface area contributed by atoms with E-state index in [1.165, 1.54) is 6.07 Å². The van der Waals surface area contributed by atoms with Crippen LogP contribution in [0.15, 0.2) is 57.9 Å². The van der Waals surface area contributed by atoms with Crippen molar-refractivity contribution in [3.05, 3.63) is 70.6 Å². The Morgan fingerprint density at radius 2 is 1.77 bits per heavy atom. The van der Waals surface area contributed by atoms with E-state index in [1.54, 1.807) is 18.2 Å². The van der Waals surface area contributed by atoms with Crippen molar-refractivity contribution in [1.82, 2.24) is 0 Å². The minimum atomic E-state index is -4.94. The number of nitrogens with one attached hydrogen (secondary N) is 1. The summed E-state index contributed by atoms with van der Waals surface area (Å²) in [5.41, 5.74) is 5.08. The number of hydrogen-bond acceptors (Lipinski definition) is 8. The van der Waals surface area contributed by atoms with Crippen LogP contribution in [0.25, 0.3) is 33.4 Å². The van der Waals surface area contributed by atoms with Crippen molar-refractivity contribution in [3.8, 4) is 22.5 Å². The van der Waals surface area contributed by atoms with Gasteiger partial charge in [-0.15, -0.1) is 0 Å². The van der Waals surface area contributed by atoms with Gasteiger partial charge in [0.1, 0.15) is 21.6 Å². The van der Waals surface area contributed by atoms with Crippen molar-refractivity contribution in [2.45, 2.75) is 27.7 Å². The minimum Gasteiger partial charge on any atom is -0.456 e. The van der Waals surface area contributed by atoms with Crippen molar-refractivity contribution in [2.24, 2.45) is 4.99 Å². The summed E-state index contributed by atoms with van der Waals surface area (Å²) >= 11 is 0. The van der Waals surface area contributed by atoms with Crippen LogP contribution in [-0.4, -0.2) is 19.1 Å². The van der Waals surface area contributed by atoms with Crippen molar-refractivity contribution >= 4 is 22.6 Å². The lowest BCUT2D eigenvalue weighted by Gasteiger charge is -2.19. The molecule has 0 saturated heterocycles. The molecule has 0 amide bonds. The Balaban J connectivity index is 2.12. The predicted molar refractivity (Wildman–Crippen MR) is 123 cm³/mol. The first kappa shape index (κ1) is 24.7. The van der Waals surface area contributed by atoms with Crippen LogP contribution >= 0.6 is 0 Å². The van der Waals surface area contributed by atoms with Crippen molar-refractivity contribution < 1.29 is 37.7 Å². The van der Waals surface area contributed by atoms with E-state index in [1.807, 2.05) is 52.0 Å². The zero-order chi connectivity index (χ0) is 25.3. The number of nitrogens with zero attached hydrogens (tertiary/aromatic N) is 1. The van der Waals surface area contributed by atoms with E-state index in [4.69, 9.17) is 4.42 Å². The van der Waals surface area contributed by atoms with E-state index in [-0.39, 0.29) is 5.56 Å². The Hall–Kier alpha value is -3.43. The Bertz CT molecular complexity index is 1460. The molecule has 0 radical (unpaired) electrons. The van der Waals surface area contributed by atoms with Crippen LogP contribution in [0.5, 0.6) is 0 Å². The molecule has 1 aliphatic heterocycles. The molecule has 0 fully saturated rings. The molecule has 0 saturated carbocycles. The molecule has 35 heavy (non-hydrogen) atoms. The SMILES string of the molecule is CCN=c1cc2oc3cc(NCC)c(C)cc3c(-c3ccccc3C(=O)O[Cl+3]([O-])([O-])[O-])c-2cc1C. The normalized spacial score (nSPS) is 12.4. The van der Waals surface area contributed by atoms with Gasteiger partial charge in [0.05, 0.1) is 10.9 Å². The van der Waals surface area contributed by atoms with Crippen molar-refractivity contribution in [3.63, 3.8) is 0 Å². The first-order chi connectivity index (χ1) is 16.6. The van der Waals surface area contributed by atoms with E-state index >= 15 is 0 Å². The summed E-state index contributed by atoms with van der Waals surface area (Å²) in [6.07, 6.45) is 0. The number of carbonyl (C=O) groups excluding carboxylic acids is 1. The molecule has 1 N–H and O–H groups in total. The predicted octanol–water partition coefficient (Wildman–Crippen LogP) is 2.23. The average molecular weight is 497 g/mol. The van der Waals surface area contributed by atoms with Gasteiger partial charge in [-0.1, -0.05) is 18.2 Å². The van der Waals surface area contributed by atoms with Crippen LogP contribution < -0.4 is 24.7 Å². The molecule has 9 heteroatoms. The summed E-state index contributed by atoms with van der Waals surface area (Å²) in [4.78, 5) is 17.2. The highest BCUT2D eigenvalue weighted by atomic mass is 35.7. The second kappa shape index (κ2) is 9.67. The fourth-order valence-corrected chi connectivity index (χ4v) is 4.46. The molecule has 182 valence electrons. The zero-order valence-electron chi connectivity index (χ0n) is 19.8. The van der Waals surface area contributed by atoms with Crippen LogP contribution in [-0.2, 0) is 4.29 Å². The second-order valence-electron chi connectivity index (χ2n) is 8.07. The Morgan fingerprint density at radius 3 is 2.46 bits per heavy atom. The summed E-state index contributed by atoms with van der Waals surface area (Å²) in [5.74, 6) is -0.705. The van der Waals surface area contributed by atoms with Crippen molar-refractivity contribution in [2.75, 3.05) is 18.4 Å². The maximum Gasteiger partial charge on any atom is 0.494 e. The molecule has 0 bridgehead atoms. The highest BCUT2D eigenvalue weighted by Crippen LogP contribution is 2.43. The topological polar surface area (TPSA) is 133 Å². The van der Waals surface area contributed by atoms with E-state index in [0.29, 0.717) is 34.6 Å². The van der Waals surface area contributed by atoms with Gasteiger partial charge in [-0.25, -0.2) is 4.79 Å². The van der Waals surface area contributed by atoms with Crippen LogP contribution in [0.1, 0.15) is 35.3 Å². The van der Waals surface area contributed by atoms with E-state index < -0.39 is 16.2 Å². The lowest BCUT2D eigenvalue weighted by Crippen LogP contribution is -2.61. The van der Waals surface area contributed by atoms with Gasteiger partial charge in [0.2, 0.25) is 0 Å². The summed E-state index contributed by atoms with van der Waals surface area (Å²) < 4.78 is 43.8. The summed E-state index contributed by atoms with van der Waals surface area (Å²) in [7, 11) is -4.94. The molecule has 2 aliphatic rings. The Kier molecular flexibility index (Phi) is 6.82. The van der Waals surface area contributed by atoms with Crippen LogP contribution in [0.2, 0.25) is 0 Å². The first-order valence-electron chi connectivity index (χ1n) is 11.1. The molecule has 1 heterocycles. The van der Waals surface area contributed by atoms with Gasteiger partial charge in [-0.2, -0.15) is 14.0 Å². The van der Waals surface area contributed by atoms with Gasteiger partial charge in [0.25, 0.3) is 0 Å². The lowest BCUT2D eigenvalue weighted by molar-refractivity contribution is -1.92. The fourth-order valence-electron chi connectivity index (χ4n) is 4.21. The molecule has 8 nitrogen and oxygen atoms in total. The number of halogens is 1. The third kappa shape index (κ3) is 5.01. The largest absolute Gasteiger partial charge is 0.494 e. The second-order valence-corrected chi connectivity index (χ2v) is 8.98. The Morgan fingerprint density at radius 1 is 1.03 bits per heavy atom. The standard InChI is InChI=1S/C26H25ClN2O6/c1-5-28-21-13-23-19(11-15(21)3)25(20-12-16(4)22(29-6-2)14-24(20)34-23)17-9-7-8-10-18(17)26(30)35-27(31,32)33/h7-14,28H,5-6H2,1-4H3. The number of fused-ring (bicyclic) bond motifs is 2. The van der Waals surface area contributed by atoms with Gasteiger partial charge in [-0.3, -0.25) is 4.99 Å². The zero-order valence-corrected chi connectivity index (χ0v) is 20.6. The smallest absolute Gasteiger partial charge is 0.456 e. The molecule has 0 atom stereocenters. The quantitative estimate of drug-likeness (QED) is 0.404. The fraction of sp³-hybridized carbons (Fsp3) is 0.231. The Labute approximate surface area is 204 Å². The molecule has 4 rings (SSSR count). The van der Waals surface area contributed by atoms with Gasteiger partial charge >= 0.3 is 5.97 Å². The number of anilines is 1. The van der Waals surface area contributed by atoms with E-state index in [0.717, 1.165) is 34.1 Å². The summed E-state index contributed by atoms with van der Waals surface area (Å²) in [6.45, 7) is 9.17. The number of benzene rings is 3. The van der Waals surface area contributed by atoms with Crippen LogP contribution in [0, 0.1) is 24.1 Å². The highest BCUT2D eigenvalue weighted by molar-refractivity contribution is 6.08. The third-order valence-electron chi connectivity index (χ3n) is 5.66. The average Bonchev–Trinajstić information content (AvgIpc) is 2.78. The van der Waals surface area contributed by atoms with Gasteiger partial charge < -0.3 is 9.73 Å². The molecule has 0 unspecified atom stereocenters. The maximum atomic E-state index is 12.7. The lowest BCUT2D eigenvalue weighted by atomic mass is 9.89. The van der Waals surface area contributed by atoms with E-state index in [9.17, 15) is 18.8 Å². The van der Waals surface area contributed by atoms with Crippen LogP contribution in [0.3, 0.4) is 0 Å². The molecular formula is C26H25ClN2O6. The summed E-state index contributed by atoms with van der Waals surface area (Å²) in [6, 6.07) is 14.0. The number of rotatable bonds is 6. The van der Waals surface area contributed by atoms with Gasteiger partial charge in [-0.05, 0) is 66.9 Å². The molecule has 0 aromatic heterocycles. The molecular weight excluding hydrogens is 472 g/mol. The van der Waals surface area contributed by atoms with Gasteiger partial charge in [0.15, 0.2) is 0 Å². The number of aryl methyl sites for hydroxylation is 2. The monoisotopic (exact) mass is 496 g/mol.